The van der Waals surface area contributed by atoms with Crippen LogP contribution in [0, 0.1) is 0 Å². The summed E-state index contributed by atoms with van der Waals surface area (Å²) >= 11 is 0. The summed E-state index contributed by atoms with van der Waals surface area (Å²) in [6.45, 7) is 5.56. The molecule has 0 aromatic rings. The number of nitrogens with one attached hydrogen (secondary N) is 2. The molecular weight excluding hydrogens is 232 g/mol. The molecule has 0 aromatic heterocycles. The Labute approximate surface area is 109 Å². The van der Waals surface area contributed by atoms with Gasteiger partial charge in [-0.3, -0.25) is 9.59 Å². The molecule has 0 aromatic carbocycles. The van der Waals surface area contributed by atoms with Crippen molar-refractivity contribution in [2.45, 2.75) is 58.4 Å². The van der Waals surface area contributed by atoms with E-state index in [1.54, 1.807) is 0 Å². The van der Waals surface area contributed by atoms with Crippen LogP contribution in [0.5, 0.6) is 0 Å². The molecule has 0 radical (unpaired) electrons. The number of hydrogen-bond donors (Lipinski definition) is 3. The molecule has 0 aliphatic carbocycles. The predicted octanol–water partition coefficient (Wildman–Crippen LogP) is 1.53. The zero-order chi connectivity index (χ0) is 13.8. The number of carboxylic acid groups (broad SMARTS) is 1. The zero-order valence-corrected chi connectivity index (χ0v) is 11.5. The zero-order valence-electron chi connectivity index (χ0n) is 11.5. The molecule has 1 atom stereocenters. The van der Waals surface area contributed by atoms with Gasteiger partial charge < -0.3 is 15.7 Å². The molecule has 0 aliphatic rings. The van der Waals surface area contributed by atoms with Crippen molar-refractivity contribution in [2.24, 2.45) is 0 Å². The summed E-state index contributed by atoms with van der Waals surface area (Å²) in [5.74, 6) is -0.646. The quantitative estimate of drug-likeness (QED) is 0.491. The van der Waals surface area contributed by atoms with Gasteiger partial charge in [0.05, 0.1) is 0 Å². The Kier molecular flexibility index (Phi) is 10.3. The van der Waals surface area contributed by atoms with Gasteiger partial charge in [-0.1, -0.05) is 13.3 Å². The van der Waals surface area contributed by atoms with Crippen LogP contribution in [-0.4, -0.2) is 36.1 Å². The molecule has 0 rings (SSSR count). The van der Waals surface area contributed by atoms with E-state index < -0.39 is 5.97 Å². The molecule has 0 saturated carbocycles. The fraction of sp³-hybridized carbons (Fsp3) is 0.846. The van der Waals surface area contributed by atoms with Gasteiger partial charge in [0.1, 0.15) is 0 Å². The third-order valence-corrected chi connectivity index (χ3v) is 2.79. The third-order valence-electron chi connectivity index (χ3n) is 2.79. The number of carbonyl (C=O) groups is 2. The second-order valence-electron chi connectivity index (χ2n) is 4.58. The highest BCUT2D eigenvalue weighted by Crippen LogP contribution is 1.98. The summed E-state index contributed by atoms with van der Waals surface area (Å²) in [6, 6.07) is 0.244. The van der Waals surface area contributed by atoms with Gasteiger partial charge in [0, 0.05) is 25.4 Å². The second kappa shape index (κ2) is 11.0. The molecule has 1 unspecified atom stereocenters. The number of carbonyl (C=O) groups excluding carboxylic acids is 1. The largest absolute Gasteiger partial charge is 0.481 e. The van der Waals surface area contributed by atoms with Gasteiger partial charge >= 0.3 is 5.97 Å². The molecule has 5 heteroatoms. The van der Waals surface area contributed by atoms with E-state index in [1.807, 2.05) is 13.8 Å². The van der Waals surface area contributed by atoms with Crippen LogP contribution in [-0.2, 0) is 9.59 Å². The van der Waals surface area contributed by atoms with E-state index in [0.717, 1.165) is 32.2 Å². The minimum Gasteiger partial charge on any atom is -0.481 e. The van der Waals surface area contributed by atoms with E-state index in [1.165, 1.54) is 0 Å². The Balaban J connectivity index is 3.25. The number of aliphatic carboxylic acids is 1. The summed E-state index contributed by atoms with van der Waals surface area (Å²) < 4.78 is 0. The van der Waals surface area contributed by atoms with Gasteiger partial charge in [-0.15, -0.1) is 0 Å². The van der Waals surface area contributed by atoms with Crippen LogP contribution < -0.4 is 10.6 Å². The van der Waals surface area contributed by atoms with Gasteiger partial charge in [0.15, 0.2) is 0 Å². The molecule has 1 amide bonds. The van der Waals surface area contributed by atoms with Crippen molar-refractivity contribution in [3.63, 3.8) is 0 Å². The van der Waals surface area contributed by atoms with Gasteiger partial charge in [-0.25, -0.2) is 0 Å². The minimum atomic E-state index is -0.732. The Bertz CT molecular complexity index is 244. The lowest BCUT2D eigenvalue weighted by atomic mass is 10.2. The first-order valence-electron chi connectivity index (χ1n) is 6.78. The first kappa shape index (κ1) is 16.9. The predicted molar refractivity (Wildman–Crippen MR) is 71.5 cm³/mol. The maximum atomic E-state index is 11.4. The Hall–Kier alpha value is -1.10. The Morgan fingerprint density at radius 3 is 2.44 bits per heavy atom. The highest BCUT2D eigenvalue weighted by molar-refractivity contribution is 5.76. The summed E-state index contributed by atoms with van der Waals surface area (Å²) in [5, 5.41) is 14.5. The topological polar surface area (TPSA) is 78.4 Å². The monoisotopic (exact) mass is 258 g/mol. The van der Waals surface area contributed by atoms with Crippen molar-refractivity contribution in [3.8, 4) is 0 Å². The van der Waals surface area contributed by atoms with E-state index in [0.29, 0.717) is 13.0 Å². The summed E-state index contributed by atoms with van der Waals surface area (Å²) in [4.78, 5) is 21.7. The van der Waals surface area contributed by atoms with Crippen molar-refractivity contribution >= 4 is 11.9 Å². The molecule has 0 saturated heterocycles. The molecule has 18 heavy (non-hydrogen) atoms. The molecule has 3 N–H and O–H groups in total. The highest BCUT2D eigenvalue weighted by Gasteiger charge is 2.04. The van der Waals surface area contributed by atoms with Crippen LogP contribution in [0.15, 0.2) is 0 Å². The Morgan fingerprint density at radius 1 is 1.11 bits per heavy atom. The van der Waals surface area contributed by atoms with E-state index in [9.17, 15) is 9.59 Å². The number of amides is 1. The first-order chi connectivity index (χ1) is 8.56. The third kappa shape index (κ3) is 11.4. The normalized spacial score (nSPS) is 12.1. The maximum Gasteiger partial charge on any atom is 0.303 e. The number of hydrogen-bond acceptors (Lipinski definition) is 3. The second-order valence-corrected chi connectivity index (χ2v) is 4.58. The molecule has 106 valence electrons. The number of unbranched alkanes of at least 4 members (excludes halogenated alkanes) is 2. The Morgan fingerprint density at radius 2 is 1.83 bits per heavy atom. The average molecular weight is 258 g/mol. The fourth-order valence-corrected chi connectivity index (χ4v) is 1.48. The van der Waals surface area contributed by atoms with E-state index in [4.69, 9.17) is 5.11 Å². The van der Waals surface area contributed by atoms with Crippen LogP contribution >= 0.6 is 0 Å². The maximum absolute atomic E-state index is 11.4. The van der Waals surface area contributed by atoms with Crippen molar-refractivity contribution in [3.05, 3.63) is 0 Å². The van der Waals surface area contributed by atoms with Crippen molar-refractivity contribution in [1.29, 1.82) is 0 Å². The van der Waals surface area contributed by atoms with Gasteiger partial charge in [-0.05, 0) is 32.7 Å². The molecular formula is C13H26N2O3. The van der Waals surface area contributed by atoms with Crippen LogP contribution in [0.3, 0.4) is 0 Å². The van der Waals surface area contributed by atoms with Crippen molar-refractivity contribution in [1.82, 2.24) is 10.6 Å². The molecule has 0 spiro atoms. The molecule has 0 fully saturated rings. The van der Waals surface area contributed by atoms with Crippen LogP contribution in [0.25, 0.3) is 0 Å². The minimum absolute atomic E-state index is 0.0859. The first-order valence-corrected chi connectivity index (χ1v) is 6.78. The number of rotatable bonds is 11. The van der Waals surface area contributed by atoms with E-state index in [-0.39, 0.29) is 18.4 Å². The standard InChI is InChI=1S/C13H26N2O3/c1-3-11(2)15-12(16)8-10-14-9-6-4-5-7-13(17)18/h11,14H,3-10H2,1-2H3,(H,15,16)(H,17,18). The lowest BCUT2D eigenvalue weighted by molar-refractivity contribution is -0.137. The summed E-state index contributed by atoms with van der Waals surface area (Å²) in [5.41, 5.74) is 0. The fourth-order valence-electron chi connectivity index (χ4n) is 1.48. The SMILES string of the molecule is CCC(C)NC(=O)CCNCCCCCC(=O)O. The summed E-state index contributed by atoms with van der Waals surface area (Å²) in [7, 11) is 0. The van der Waals surface area contributed by atoms with Crippen molar-refractivity contribution < 1.29 is 14.7 Å². The number of carboxylic acids is 1. The lowest BCUT2D eigenvalue weighted by Crippen LogP contribution is -2.34. The van der Waals surface area contributed by atoms with Gasteiger partial charge in [0.2, 0.25) is 5.91 Å². The molecule has 0 heterocycles. The molecule has 0 aliphatic heterocycles. The molecule has 0 bridgehead atoms. The van der Waals surface area contributed by atoms with E-state index >= 15 is 0 Å². The van der Waals surface area contributed by atoms with E-state index in [2.05, 4.69) is 10.6 Å². The van der Waals surface area contributed by atoms with Gasteiger partial charge in [-0.2, -0.15) is 0 Å². The van der Waals surface area contributed by atoms with Crippen LogP contribution in [0.4, 0.5) is 0 Å². The average Bonchev–Trinajstić information content (AvgIpc) is 2.31. The van der Waals surface area contributed by atoms with Gasteiger partial charge in [0.25, 0.3) is 0 Å². The highest BCUT2D eigenvalue weighted by atomic mass is 16.4. The molecule has 5 nitrogen and oxygen atoms in total. The van der Waals surface area contributed by atoms with Crippen molar-refractivity contribution in [2.75, 3.05) is 13.1 Å². The van der Waals surface area contributed by atoms with Crippen LogP contribution in [0.2, 0.25) is 0 Å². The summed E-state index contributed by atoms with van der Waals surface area (Å²) in [6.07, 6.45) is 4.30. The van der Waals surface area contributed by atoms with Crippen LogP contribution in [0.1, 0.15) is 52.4 Å². The lowest BCUT2D eigenvalue weighted by Gasteiger charge is -2.11. The smallest absolute Gasteiger partial charge is 0.303 e.